The van der Waals surface area contributed by atoms with Crippen LogP contribution in [0.5, 0.6) is 0 Å². The van der Waals surface area contributed by atoms with E-state index in [9.17, 15) is 18.0 Å². The predicted molar refractivity (Wildman–Crippen MR) is 69.7 cm³/mol. The molecule has 0 aliphatic rings. The molecule has 0 N–H and O–H groups in total. The van der Waals surface area contributed by atoms with Crippen molar-refractivity contribution >= 4 is 17.5 Å². The van der Waals surface area contributed by atoms with Gasteiger partial charge in [-0.1, -0.05) is 18.2 Å². The Kier molecular flexibility index (Phi) is 4.17. The van der Waals surface area contributed by atoms with Gasteiger partial charge in [-0.05, 0) is 18.2 Å². The van der Waals surface area contributed by atoms with E-state index in [0.29, 0.717) is 0 Å². The van der Waals surface area contributed by atoms with Gasteiger partial charge in [0.1, 0.15) is 5.69 Å². The maximum absolute atomic E-state index is 12.5. The summed E-state index contributed by atoms with van der Waals surface area (Å²) in [5.41, 5.74) is -1.09. The fraction of sp³-hybridized carbons (Fsp3) is 0.231. The highest BCUT2D eigenvalue weighted by molar-refractivity contribution is 8.00. The molecule has 0 amide bonds. The molecular formula is C13H11F3N2OS. The molecule has 0 spiro atoms. The Bertz CT molecular complexity index is 608. The molecule has 1 aromatic heterocycles. The summed E-state index contributed by atoms with van der Waals surface area (Å²) in [6, 6.07) is 9.97. The lowest BCUT2D eigenvalue weighted by atomic mass is 10.3. The minimum atomic E-state index is -4.54. The molecule has 20 heavy (non-hydrogen) atoms. The van der Waals surface area contributed by atoms with E-state index in [1.54, 1.807) is 0 Å². The molecule has 106 valence electrons. The molecule has 0 aliphatic carbocycles. The SMILES string of the molecule is Cn1nc(C(F)(F)F)cc1C(=O)CSc1ccccc1. The molecule has 0 saturated carbocycles. The maximum Gasteiger partial charge on any atom is 0.435 e. The number of aryl methyl sites for hydroxylation is 1. The van der Waals surface area contributed by atoms with Crippen LogP contribution in [-0.2, 0) is 13.2 Å². The Morgan fingerprint density at radius 1 is 1.30 bits per heavy atom. The molecule has 0 aliphatic heterocycles. The van der Waals surface area contributed by atoms with Crippen LogP contribution in [-0.4, -0.2) is 21.3 Å². The second-order valence-corrected chi connectivity index (χ2v) is 5.11. The number of halogens is 3. The van der Waals surface area contributed by atoms with Crippen molar-refractivity contribution < 1.29 is 18.0 Å². The Balaban J connectivity index is 2.08. The Labute approximate surface area is 117 Å². The summed E-state index contributed by atoms with van der Waals surface area (Å²) in [4.78, 5) is 12.8. The molecule has 0 bridgehead atoms. The van der Waals surface area contributed by atoms with Crippen LogP contribution in [0.1, 0.15) is 16.2 Å². The topological polar surface area (TPSA) is 34.9 Å². The van der Waals surface area contributed by atoms with Crippen molar-refractivity contribution in [3.8, 4) is 0 Å². The molecule has 2 aromatic rings. The van der Waals surface area contributed by atoms with Crippen LogP contribution in [0.15, 0.2) is 41.3 Å². The van der Waals surface area contributed by atoms with Gasteiger partial charge in [-0.25, -0.2) is 0 Å². The lowest BCUT2D eigenvalue weighted by molar-refractivity contribution is -0.141. The monoisotopic (exact) mass is 300 g/mol. The minimum absolute atomic E-state index is 0.0410. The van der Waals surface area contributed by atoms with Crippen LogP contribution in [0.4, 0.5) is 13.2 Å². The fourth-order valence-corrected chi connectivity index (χ4v) is 2.40. The normalized spacial score (nSPS) is 11.6. The molecule has 7 heteroatoms. The summed E-state index contributed by atoms with van der Waals surface area (Å²) in [6.07, 6.45) is -4.54. The van der Waals surface area contributed by atoms with E-state index in [2.05, 4.69) is 5.10 Å². The highest BCUT2D eigenvalue weighted by atomic mass is 32.2. The lowest BCUT2D eigenvalue weighted by Gasteiger charge is -2.01. The van der Waals surface area contributed by atoms with Crippen LogP contribution >= 0.6 is 11.8 Å². The molecule has 3 nitrogen and oxygen atoms in total. The maximum atomic E-state index is 12.5. The van der Waals surface area contributed by atoms with Crippen molar-refractivity contribution in [3.05, 3.63) is 47.8 Å². The molecule has 0 radical (unpaired) electrons. The summed E-state index contributed by atoms with van der Waals surface area (Å²) in [6.45, 7) is 0. The first-order valence-corrected chi connectivity index (χ1v) is 6.69. The number of ketones is 1. The van der Waals surface area contributed by atoms with E-state index in [-0.39, 0.29) is 17.2 Å². The van der Waals surface area contributed by atoms with Gasteiger partial charge in [0, 0.05) is 11.9 Å². The molecule has 0 fully saturated rings. The highest BCUT2D eigenvalue weighted by Crippen LogP contribution is 2.29. The molecule has 1 heterocycles. The largest absolute Gasteiger partial charge is 0.435 e. The van der Waals surface area contributed by atoms with Crippen molar-refractivity contribution in [1.82, 2.24) is 9.78 Å². The second kappa shape index (κ2) is 5.70. The third kappa shape index (κ3) is 3.41. The number of carbonyl (C=O) groups excluding carboxylic acids is 1. The zero-order chi connectivity index (χ0) is 14.8. The number of hydrogen-bond donors (Lipinski definition) is 0. The van der Waals surface area contributed by atoms with Crippen molar-refractivity contribution in [2.75, 3.05) is 5.75 Å². The average molecular weight is 300 g/mol. The lowest BCUT2D eigenvalue weighted by Crippen LogP contribution is -2.09. The second-order valence-electron chi connectivity index (χ2n) is 4.06. The third-order valence-corrected chi connectivity index (χ3v) is 3.58. The van der Waals surface area contributed by atoms with E-state index in [1.165, 1.54) is 18.8 Å². The number of benzene rings is 1. The molecule has 2 rings (SSSR count). The first-order chi connectivity index (χ1) is 9.38. The Hall–Kier alpha value is -1.76. The molecule has 1 aromatic carbocycles. The number of alkyl halides is 3. The summed E-state index contributed by atoms with van der Waals surface area (Å²) >= 11 is 1.28. The van der Waals surface area contributed by atoms with E-state index in [0.717, 1.165) is 15.6 Å². The van der Waals surface area contributed by atoms with E-state index >= 15 is 0 Å². The number of carbonyl (C=O) groups is 1. The van der Waals surface area contributed by atoms with Crippen LogP contribution in [0, 0.1) is 0 Å². The number of thioether (sulfide) groups is 1. The van der Waals surface area contributed by atoms with Crippen LogP contribution in [0.2, 0.25) is 0 Å². The van der Waals surface area contributed by atoms with Gasteiger partial charge in [-0.15, -0.1) is 11.8 Å². The van der Waals surface area contributed by atoms with Crippen LogP contribution in [0.25, 0.3) is 0 Å². The fourth-order valence-electron chi connectivity index (χ4n) is 1.61. The minimum Gasteiger partial charge on any atom is -0.292 e. The third-order valence-electron chi connectivity index (χ3n) is 2.57. The quantitative estimate of drug-likeness (QED) is 0.641. The Morgan fingerprint density at radius 3 is 2.50 bits per heavy atom. The Morgan fingerprint density at radius 2 is 1.95 bits per heavy atom. The summed E-state index contributed by atoms with van der Waals surface area (Å²) in [5.74, 6) is -0.315. The highest BCUT2D eigenvalue weighted by Gasteiger charge is 2.35. The first kappa shape index (κ1) is 14.6. The first-order valence-electron chi connectivity index (χ1n) is 5.70. The van der Waals surface area contributed by atoms with Crippen molar-refractivity contribution in [3.63, 3.8) is 0 Å². The number of rotatable bonds is 4. The van der Waals surface area contributed by atoms with Gasteiger partial charge >= 0.3 is 6.18 Å². The molecular weight excluding hydrogens is 289 g/mol. The number of Topliss-reactive ketones (excluding diaryl/α,β-unsaturated/α-hetero) is 1. The van der Waals surface area contributed by atoms with Gasteiger partial charge in [0.05, 0.1) is 5.75 Å². The zero-order valence-corrected chi connectivity index (χ0v) is 11.3. The smallest absolute Gasteiger partial charge is 0.292 e. The van der Waals surface area contributed by atoms with Crippen LogP contribution < -0.4 is 0 Å². The van der Waals surface area contributed by atoms with Crippen molar-refractivity contribution in [2.45, 2.75) is 11.1 Å². The van der Waals surface area contributed by atoms with Gasteiger partial charge in [0.2, 0.25) is 0 Å². The van der Waals surface area contributed by atoms with Crippen molar-refractivity contribution in [1.29, 1.82) is 0 Å². The molecule has 0 saturated heterocycles. The van der Waals surface area contributed by atoms with Crippen molar-refractivity contribution in [2.24, 2.45) is 7.05 Å². The van der Waals surface area contributed by atoms with Gasteiger partial charge in [0.25, 0.3) is 0 Å². The zero-order valence-electron chi connectivity index (χ0n) is 10.5. The predicted octanol–water partition coefficient (Wildman–Crippen LogP) is 3.41. The average Bonchev–Trinajstić information content (AvgIpc) is 2.79. The number of aromatic nitrogens is 2. The van der Waals surface area contributed by atoms with Gasteiger partial charge in [0.15, 0.2) is 11.5 Å². The standard InChI is InChI=1S/C13H11F3N2OS/c1-18-10(7-12(17-18)13(14,15)16)11(19)8-20-9-5-3-2-4-6-9/h2-7H,8H2,1H3. The summed E-state index contributed by atoms with van der Waals surface area (Å²) in [5, 5.41) is 3.32. The number of nitrogens with zero attached hydrogens (tertiary/aromatic N) is 2. The van der Waals surface area contributed by atoms with E-state index in [4.69, 9.17) is 0 Å². The summed E-state index contributed by atoms with van der Waals surface area (Å²) < 4.78 is 38.5. The van der Waals surface area contributed by atoms with E-state index < -0.39 is 11.9 Å². The van der Waals surface area contributed by atoms with Gasteiger partial charge in [-0.3, -0.25) is 9.48 Å². The number of hydrogen-bond acceptors (Lipinski definition) is 3. The van der Waals surface area contributed by atoms with Gasteiger partial charge < -0.3 is 0 Å². The van der Waals surface area contributed by atoms with Crippen LogP contribution in [0.3, 0.4) is 0 Å². The molecule has 0 atom stereocenters. The molecule has 0 unspecified atom stereocenters. The van der Waals surface area contributed by atoms with E-state index in [1.807, 2.05) is 30.3 Å². The van der Waals surface area contributed by atoms with Gasteiger partial charge in [-0.2, -0.15) is 18.3 Å². The summed E-state index contributed by atoms with van der Waals surface area (Å²) in [7, 11) is 1.33.